The second-order valence-corrected chi connectivity index (χ2v) is 14.8. The molecule has 10 atom stereocenters. The van der Waals surface area contributed by atoms with E-state index in [4.69, 9.17) is 4.74 Å². The van der Waals surface area contributed by atoms with Gasteiger partial charge in [0.1, 0.15) is 12.3 Å². The highest BCUT2D eigenvalue weighted by molar-refractivity contribution is 5.75. The van der Waals surface area contributed by atoms with Crippen molar-refractivity contribution in [2.24, 2.45) is 51.8 Å². The largest absolute Gasteiger partial charge is 0.462 e. The number of allylic oxidation sites excluding steroid dienone is 1. The van der Waals surface area contributed by atoms with Crippen molar-refractivity contribution in [1.82, 2.24) is 0 Å². The first-order chi connectivity index (χ1) is 16.8. The molecule has 4 heteroatoms. The average Bonchev–Trinajstić information content (AvgIpc) is 3.08. The predicted octanol–water partition coefficient (Wildman–Crippen LogP) is 8.88. The molecule has 2 unspecified atom stereocenters. The van der Waals surface area contributed by atoms with Crippen molar-refractivity contribution in [3.8, 4) is 0 Å². The van der Waals surface area contributed by atoms with Crippen LogP contribution < -0.4 is 0 Å². The van der Waals surface area contributed by atoms with Gasteiger partial charge in [0.15, 0.2) is 0 Å². The van der Waals surface area contributed by atoms with Crippen LogP contribution in [0.25, 0.3) is 0 Å². The molecule has 0 heterocycles. The molecule has 36 heavy (non-hydrogen) atoms. The molecule has 4 aliphatic carbocycles. The monoisotopic (exact) mass is 506 g/mol. The van der Waals surface area contributed by atoms with E-state index in [9.17, 15) is 9.18 Å². The van der Waals surface area contributed by atoms with Gasteiger partial charge in [-0.15, -0.1) is 0 Å². The number of ether oxygens (including phenoxy) is 1. The molecule has 0 radical (unpaired) electrons. The minimum atomic E-state index is -0.710. The van der Waals surface area contributed by atoms with E-state index < -0.39 is 11.6 Å². The molecule has 4 rings (SSSR count). The van der Waals surface area contributed by atoms with Crippen LogP contribution in [-0.4, -0.2) is 24.9 Å². The molecule has 0 amide bonds. The average molecular weight is 507 g/mol. The summed E-state index contributed by atoms with van der Waals surface area (Å²) in [4.78, 5) is 12.5. The first-order valence-electron chi connectivity index (χ1n) is 14.9. The molecule has 0 bridgehead atoms. The number of halogens is 2. The van der Waals surface area contributed by atoms with E-state index in [1.54, 1.807) is 0 Å². The Kier molecular flexibility index (Phi) is 8.06. The quantitative estimate of drug-likeness (QED) is 0.254. The second-order valence-electron chi connectivity index (χ2n) is 14.8. The van der Waals surface area contributed by atoms with E-state index in [0.29, 0.717) is 23.7 Å². The van der Waals surface area contributed by atoms with Crippen molar-refractivity contribution in [1.29, 1.82) is 0 Å². The van der Waals surface area contributed by atoms with Gasteiger partial charge in [0.2, 0.25) is 0 Å². The fourth-order valence-corrected chi connectivity index (χ4v) is 9.12. The Hall–Kier alpha value is -0.930. The fourth-order valence-electron chi connectivity index (χ4n) is 9.12. The van der Waals surface area contributed by atoms with Crippen LogP contribution >= 0.6 is 0 Å². The van der Waals surface area contributed by atoms with Crippen molar-refractivity contribution in [3.05, 3.63) is 11.6 Å². The SMILES string of the molecule is C[C@@H](CF)CCC[C@@H](C)[C@H]1[C@H](F)C[C@H]2C3CC=C4C[C@@H](OC(=O)C(C)(C)C)CC[C@]4(C)C3CC[C@]12C. The molecule has 0 aromatic heterocycles. The lowest BCUT2D eigenvalue weighted by Crippen LogP contribution is -2.51. The van der Waals surface area contributed by atoms with Gasteiger partial charge in [-0.25, -0.2) is 4.39 Å². The van der Waals surface area contributed by atoms with Crippen LogP contribution in [-0.2, 0) is 9.53 Å². The molecule has 206 valence electrons. The van der Waals surface area contributed by atoms with Gasteiger partial charge < -0.3 is 4.74 Å². The summed E-state index contributed by atoms with van der Waals surface area (Å²) in [5.41, 5.74) is 1.26. The summed E-state index contributed by atoms with van der Waals surface area (Å²) < 4.78 is 34.6. The van der Waals surface area contributed by atoms with Gasteiger partial charge in [0, 0.05) is 6.42 Å². The van der Waals surface area contributed by atoms with Gasteiger partial charge in [-0.2, -0.15) is 0 Å². The summed E-state index contributed by atoms with van der Waals surface area (Å²) in [6.07, 6.45) is 11.6. The molecule has 0 saturated heterocycles. The van der Waals surface area contributed by atoms with E-state index in [2.05, 4.69) is 26.8 Å². The number of carbonyl (C=O) groups is 1. The van der Waals surface area contributed by atoms with Crippen LogP contribution in [0.1, 0.15) is 113 Å². The lowest BCUT2D eigenvalue weighted by atomic mass is 9.47. The van der Waals surface area contributed by atoms with Gasteiger partial charge in [-0.1, -0.05) is 52.2 Å². The third kappa shape index (κ3) is 5.05. The topological polar surface area (TPSA) is 26.3 Å². The number of hydrogen-bond donors (Lipinski definition) is 0. The minimum Gasteiger partial charge on any atom is -0.462 e. The summed E-state index contributed by atoms with van der Waals surface area (Å²) in [7, 11) is 0. The summed E-state index contributed by atoms with van der Waals surface area (Å²) in [6, 6.07) is 0. The molecule has 4 aliphatic rings. The van der Waals surface area contributed by atoms with Gasteiger partial charge >= 0.3 is 5.97 Å². The molecule has 0 aromatic carbocycles. The van der Waals surface area contributed by atoms with Crippen molar-refractivity contribution in [3.63, 3.8) is 0 Å². The normalized spacial score (nSPS) is 42.0. The Morgan fingerprint density at radius 3 is 2.53 bits per heavy atom. The molecule has 2 nitrogen and oxygen atoms in total. The molecule has 0 spiro atoms. The Morgan fingerprint density at radius 1 is 1.14 bits per heavy atom. The first kappa shape index (κ1) is 28.1. The number of carbonyl (C=O) groups excluding carboxylic acids is 1. The van der Waals surface area contributed by atoms with Crippen LogP contribution in [0.2, 0.25) is 0 Å². The van der Waals surface area contributed by atoms with Crippen LogP contribution in [0.4, 0.5) is 8.78 Å². The number of fused-ring (bicyclic) bond motifs is 5. The van der Waals surface area contributed by atoms with Crippen molar-refractivity contribution >= 4 is 5.97 Å². The molecule has 3 fully saturated rings. The Bertz CT molecular complexity index is 831. The third-order valence-electron chi connectivity index (χ3n) is 11.2. The molecule has 3 saturated carbocycles. The summed E-state index contributed by atoms with van der Waals surface area (Å²) in [5.74, 6) is 2.14. The third-order valence-corrected chi connectivity index (χ3v) is 11.2. The van der Waals surface area contributed by atoms with E-state index in [1.165, 1.54) is 12.0 Å². The second kappa shape index (κ2) is 10.3. The molecule has 0 aliphatic heterocycles. The zero-order chi connectivity index (χ0) is 26.5. The Labute approximate surface area is 219 Å². The lowest BCUT2D eigenvalue weighted by Gasteiger charge is -2.58. The van der Waals surface area contributed by atoms with Crippen LogP contribution in [0.3, 0.4) is 0 Å². The number of hydrogen-bond acceptors (Lipinski definition) is 2. The highest BCUT2D eigenvalue weighted by Crippen LogP contribution is 2.67. The summed E-state index contributed by atoms with van der Waals surface area (Å²) >= 11 is 0. The molecule has 0 aromatic rings. The number of alkyl halides is 2. The van der Waals surface area contributed by atoms with Gasteiger partial charge in [0.25, 0.3) is 0 Å². The van der Waals surface area contributed by atoms with Crippen molar-refractivity contribution in [2.45, 2.75) is 125 Å². The van der Waals surface area contributed by atoms with E-state index in [1.807, 2.05) is 27.7 Å². The Balaban J connectivity index is 1.46. The van der Waals surface area contributed by atoms with E-state index in [-0.39, 0.29) is 41.4 Å². The van der Waals surface area contributed by atoms with Gasteiger partial charge in [-0.05, 0) is 112 Å². The lowest BCUT2D eigenvalue weighted by molar-refractivity contribution is -0.161. The summed E-state index contributed by atoms with van der Waals surface area (Å²) in [6.45, 7) is 14.6. The van der Waals surface area contributed by atoms with Crippen molar-refractivity contribution < 1.29 is 18.3 Å². The zero-order valence-electron chi connectivity index (χ0n) is 24.0. The first-order valence-corrected chi connectivity index (χ1v) is 14.9. The standard InChI is InChI=1S/C32H52F2O2/c1-20(19-33)9-8-10-21(2)28-27(34)18-26-24-12-11-22-17-23(36-29(35)30(3,4)5)13-15-31(22,6)25(24)14-16-32(26,28)7/h11,20-21,23-28H,8-10,12-19H2,1-7H3/t20-,21-,23+,24?,25?,26+,27-,28+,31+,32+/m1/s1. The van der Waals surface area contributed by atoms with E-state index >= 15 is 4.39 Å². The number of rotatable bonds is 7. The molecular weight excluding hydrogens is 454 g/mol. The maximum atomic E-state index is 15.8. The fraction of sp³-hybridized carbons (Fsp3) is 0.906. The maximum absolute atomic E-state index is 15.8. The highest BCUT2D eigenvalue weighted by Gasteiger charge is 2.62. The maximum Gasteiger partial charge on any atom is 0.311 e. The van der Waals surface area contributed by atoms with Crippen molar-refractivity contribution in [2.75, 3.05) is 6.67 Å². The van der Waals surface area contributed by atoms with Crippen LogP contribution in [0.15, 0.2) is 11.6 Å². The van der Waals surface area contributed by atoms with Crippen LogP contribution in [0.5, 0.6) is 0 Å². The summed E-state index contributed by atoms with van der Waals surface area (Å²) in [5, 5.41) is 0. The van der Waals surface area contributed by atoms with Gasteiger partial charge in [-0.3, -0.25) is 9.18 Å². The number of esters is 1. The van der Waals surface area contributed by atoms with Gasteiger partial charge in [0.05, 0.1) is 12.1 Å². The zero-order valence-corrected chi connectivity index (χ0v) is 24.0. The molecular formula is C32H52F2O2. The molecule has 0 N–H and O–H groups in total. The minimum absolute atomic E-state index is 0.00602. The smallest absolute Gasteiger partial charge is 0.311 e. The Morgan fingerprint density at radius 2 is 1.86 bits per heavy atom. The highest BCUT2D eigenvalue weighted by atomic mass is 19.1. The predicted molar refractivity (Wildman–Crippen MR) is 143 cm³/mol. The van der Waals surface area contributed by atoms with Crippen LogP contribution in [0, 0.1) is 51.8 Å². The van der Waals surface area contributed by atoms with E-state index in [0.717, 1.165) is 57.8 Å².